The highest BCUT2D eigenvalue weighted by molar-refractivity contribution is 5.99. The molecule has 0 saturated heterocycles. The number of carboxylic acids is 1. The lowest BCUT2D eigenvalue weighted by molar-refractivity contribution is -0.137. The molecule has 0 aliphatic carbocycles. The Labute approximate surface area is 110 Å². The first-order valence-electron chi connectivity index (χ1n) is 6.20. The fourth-order valence-electron chi connectivity index (χ4n) is 2.04. The van der Waals surface area contributed by atoms with Crippen molar-refractivity contribution in [1.82, 2.24) is 9.88 Å². The third kappa shape index (κ3) is 2.93. The molecule has 5 nitrogen and oxygen atoms in total. The van der Waals surface area contributed by atoms with E-state index >= 15 is 0 Å². The number of amides is 1. The number of aromatic amines is 1. The Bertz CT molecular complexity index is 571. The lowest BCUT2D eigenvalue weighted by atomic mass is 10.2. The zero-order chi connectivity index (χ0) is 13.8. The summed E-state index contributed by atoms with van der Waals surface area (Å²) in [5, 5.41) is 9.78. The van der Waals surface area contributed by atoms with Gasteiger partial charge in [-0.05, 0) is 18.6 Å². The summed E-state index contributed by atoms with van der Waals surface area (Å²) in [6.07, 6.45) is 0.721. The monoisotopic (exact) mass is 260 g/mol. The van der Waals surface area contributed by atoms with E-state index < -0.39 is 5.97 Å². The van der Waals surface area contributed by atoms with Crippen LogP contribution in [0.1, 0.15) is 23.8 Å². The van der Waals surface area contributed by atoms with Gasteiger partial charge in [0.15, 0.2) is 0 Å². The molecule has 0 fully saturated rings. The molecule has 0 saturated carbocycles. The molecule has 0 radical (unpaired) electrons. The summed E-state index contributed by atoms with van der Waals surface area (Å²) in [5.74, 6) is -1.28. The van der Waals surface area contributed by atoms with Crippen LogP contribution in [0.25, 0.3) is 10.9 Å². The number of benzene rings is 1. The van der Waals surface area contributed by atoms with E-state index in [9.17, 15) is 9.59 Å². The van der Waals surface area contributed by atoms with Crippen LogP contribution < -0.4 is 0 Å². The van der Waals surface area contributed by atoms with E-state index in [-0.39, 0.29) is 12.5 Å². The molecule has 19 heavy (non-hydrogen) atoms. The van der Waals surface area contributed by atoms with Gasteiger partial charge >= 0.3 is 5.97 Å². The number of H-pyrrole nitrogens is 1. The first kappa shape index (κ1) is 13.1. The van der Waals surface area contributed by atoms with Crippen molar-refractivity contribution in [3.63, 3.8) is 0 Å². The molecule has 2 aromatic rings. The van der Waals surface area contributed by atoms with Crippen LogP contribution in [0.4, 0.5) is 0 Å². The number of carbonyl (C=O) groups excluding carboxylic acids is 1. The standard InChI is InChI=1S/C14H16N2O3/c1-2-7-16(9-13(17)18)14(19)12-8-10-5-3-4-6-11(10)15-12/h3-6,8,15H,2,7,9H2,1H3,(H,17,18). The molecule has 5 heteroatoms. The Morgan fingerprint density at radius 2 is 2.05 bits per heavy atom. The van der Waals surface area contributed by atoms with Crippen LogP contribution in [0.15, 0.2) is 30.3 Å². The number of nitrogens with one attached hydrogen (secondary N) is 1. The maximum absolute atomic E-state index is 12.3. The second-order valence-corrected chi connectivity index (χ2v) is 4.39. The van der Waals surface area contributed by atoms with Gasteiger partial charge < -0.3 is 15.0 Å². The molecule has 0 unspecified atom stereocenters. The third-order valence-corrected chi connectivity index (χ3v) is 2.87. The van der Waals surface area contributed by atoms with Gasteiger partial charge in [0.25, 0.3) is 5.91 Å². The summed E-state index contributed by atoms with van der Waals surface area (Å²) in [5.41, 5.74) is 1.30. The number of aliphatic carboxylic acids is 1. The van der Waals surface area contributed by atoms with Crippen molar-refractivity contribution in [2.75, 3.05) is 13.1 Å². The van der Waals surface area contributed by atoms with Crippen molar-refractivity contribution in [1.29, 1.82) is 0 Å². The van der Waals surface area contributed by atoms with Gasteiger partial charge in [0, 0.05) is 17.4 Å². The predicted molar refractivity (Wildman–Crippen MR) is 72.1 cm³/mol. The van der Waals surface area contributed by atoms with Crippen LogP contribution in [-0.2, 0) is 4.79 Å². The predicted octanol–water partition coefficient (Wildman–Crippen LogP) is 2.10. The fourth-order valence-corrected chi connectivity index (χ4v) is 2.04. The van der Waals surface area contributed by atoms with E-state index in [2.05, 4.69) is 4.98 Å². The van der Waals surface area contributed by atoms with Gasteiger partial charge in [-0.1, -0.05) is 25.1 Å². The average molecular weight is 260 g/mol. The van der Waals surface area contributed by atoms with E-state index in [0.717, 1.165) is 17.3 Å². The molecule has 100 valence electrons. The van der Waals surface area contributed by atoms with Crippen molar-refractivity contribution in [2.45, 2.75) is 13.3 Å². The second-order valence-electron chi connectivity index (χ2n) is 4.39. The van der Waals surface area contributed by atoms with Crippen LogP contribution in [0.5, 0.6) is 0 Å². The lowest BCUT2D eigenvalue weighted by Crippen LogP contribution is -2.36. The van der Waals surface area contributed by atoms with Gasteiger partial charge in [-0.25, -0.2) is 0 Å². The van der Waals surface area contributed by atoms with Crippen molar-refractivity contribution in [3.8, 4) is 0 Å². The van der Waals surface area contributed by atoms with E-state index in [1.54, 1.807) is 6.07 Å². The van der Waals surface area contributed by atoms with E-state index in [0.29, 0.717) is 12.2 Å². The van der Waals surface area contributed by atoms with Gasteiger partial charge in [-0.2, -0.15) is 0 Å². The van der Waals surface area contributed by atoms with Crippen LogP contribution in [0.2, 0.25) is 0 Å². The summed E-state index contributed by atoms with van der Waals surface area (Å²) in [7, 11) is 0. The highest BCUT2D eigenvalue weighted by Gasteiger charge is 2.19. The van der Waals surface area contributed by atoms with E-state index in [1.165, 1.54) is 4.90 Å². The largest absolute Gasteiger partial charge is 0.480 e. The molecular formula is C14H16N2O3. The summed E-state index contributed by atoms with van der Waals surface area (Å²) in [6, 6.07) is 9.32. The van der Waals surface area contributed by atoms with Gasteiger partial charge in [0.05, 0.1) is 0 Å². The van der Waals surface area contributed by atoms with Crippen LogP contribution in [0, 0.1) is 0 Å². The summed E-state index contributed by atoms with van der Waals surface area (Å²) >= 11 is 0. The van der Waals surface area contributed by atoms with E-state index in [1.807, 2.05) is 31.2 Å². The summed E-state index contributed by atoms with van der Waals surface area (Å²) in [4.78, 5) is 27.4. The molecule has 2 rings (SSSR count). The third-order valence-electron chi connectivity index (χ3n) is 2.87. The normalized spacial score (nSPS) is 10.6. The number of nitrogens with zero attached hydrogens (tertiary/aromatic N) is 1. The Balaban J connectivity index is 2.27. The van der Waals surface area contributed by atoms with E-state index in [4.69, 9.17) is 5.11 Å². The molecule has 1 amide bonds. The molecule has 0 spiro atoms. The zero-order valence-electron chi connectivity index (χ0n) is 10.7. The smallest absolute Gasteiger partial charge is 0.323 e. The lowest BCUT2D eigenvalue weighted by Gasteiger charge is -2.18. The minimum atomic E-state index is -1.00. The summed E-state index contributed by atoms with van der Waals surface area (Å²) < 4.78 is 0. The highest BCUT2D eigenvalue weighted by atomic mass is 16.4. The maximum atomic E-state index is 12.3. The summed E-state index contributed by atoms with van der Waals surface area (Å²) in [6.45, 7) is 2.07. The van der Waals surface area contributed by atoms with Crippen LogP contribution in [0.3, 0.4) is 0 Å². The molecule has 1 aromatic carbocycles. The molecule has 2 N–H and O–H groups in total. The topological polar surface area (TPSA) is 73.4 Å². The number of hydrogen-bond acceptors (Lipinski definition) is 2. The van der Waals surface area contributed by atoms with Gasteiger partial charge in [-0.3, -0.25) is 9.59 Å². The minimum absolute atomic E-state index is 0.276. The molecule has 0 aliphatic rings. The SMILES string of the molecule is CCCN(CC(=O)O)C(=O)c1cc2ccccc2[nH]1. The first-order valence-corrected chi connectivity index (χ1v) is 6.20. The fraction of sp³-hybridized carbons (Fsp3) is 0.286. The van der Waals surface area contributed by atoms with Crippen molar-refractivity contribution in [2.24, 2.45) is 0 Å². The Kier molecular flexibility index (Phi) is 3.85. The molecule has 0 bridgehead atoms. The Morgan fingerprint density at radius 1 is 1.32 bits per heavy atom. The van der Waals surface area contributed by atoms with Crippen molar-refractivity contribution in [3.05, 3.63) is 36.0 Å². The Hall–Kier alpha value is -2.30. The van der Waals surface area contributed by atoms with Gasteiger partial charge in [-0.15, -0.1) is 0 Å². The van der Waals surface area contributed by atoms with Crippen molar-refractivity contribution < 1.29 is 14.7 Å². The quantitative estimate of drug-likeness (QED) is 0.864. The average Bonchev–Trinajstić information content (AvgIpc) is 2.80. The maximum Gasteiger partial charge on any atom is 0.323 e. The second kappa shape index (κ2) is 5.56. The number of para-hydroxylation sites is 1. The zero-order valence-corrected chi connectivity index (χ0v) is 10.7. The van der Waals surface area contributed by atoms with Gasteiger partial charge in [0.1, 0.15) is 12.2 Å². The molecule has 0 atom stereocenters. The molecule has 1 aromatic heterocycles. The molecule has 1 heterocycles. The number of rotatable bonds is 5. The van der Waals surface area contributed by atoms with Crippen LogP contribution >= 0.6 is 0 Å². The van der Waals surface area contributed by atoms with Gasteiger partial charge in [0.2, 0.25) is 0 Å². The number of carbonyl (C=O) groups is 2. The molecular weight excluding hydrogens is 244 g/mol. The first-order chi connectivity index (χ1) is 9.11. The number of carboxylic acid groups (broad SMARTS) is 1. The van der Waals surface area contributed by atoms with Crippen LogP contribution in [-0.4, -0.2) is 40.0 Å². The minimum Gasteiger partial charge on any atom is -0.480 e. The number of aromatic nitrogens is 1. The highest BCUT2D eigenvalue weighted by Crippen LogP contribution is 2.16. The Morgan fingerprint density at radius 3 is 2.68 bits per heavy atom. The van der Waals surface area contributed by atoms with Crippen molar-refractivity contribution >= 4 is 22.8 Å². The number of hydrogen-bond donors (Lipinski definition) is 2. The number of fused-ring (bicyclic) bond motifs is 1. The molecule has 0 aliphatic heterocycles.